The van der Waals surface area contributed by atoms with E-state index in [2.05, 4.69) is 15.3 Å². The number of alkyl halides is 3. The van der Waals surface area contributed by atoms with E-state index in [4.69, 9.17) is 0 Å². The lowest BCUT2D eigenvalue weighted by Crippen LogP contribution is -2.11. The first kappa shape index (κ1) is 14.4. The molecule has 0 bridgehead atoms. The van der Waals surface area contributed by atoms with Crippen LogP contribution in [0, 0.1) is 13.8 Å². The Bertz CT molecular complexity index is 617. The van der Waals surface area contributed by atoms with Gasteiger partial charge < -0.3 is 5.32 Å². The van der Waals surface area contributed by atoms with Crippen molar-refractivity contribution in [3.63, 3.8) is 0 Å². The lowest BCUT2D eigenvalue weighted by Gasteiger charge is -2.13. The predicted molar refractivity (Wildman–Crippen MR) is 70.0 cm³/mol. The number of aryl methyl sites for hydroxylation is 1. The van der Waals surface area contributed by atoms with Crippen molar-refractivity contribution >= 4 is 5.82 Å². The number of imidazole rings is 1. The molecule has 0 unspecified atom stereocenters. The van der Waals surface area contributed by atoms with Crippen LogP contribution in [0.5, 0.6) is 0 Å². The fourth-order valence-corrected chi connectivity index (χ4v) is 1.80. The van der Waals surface area contributed by atoms with Crippen molar-refractivity contribution in [2.45, 2.75) is 26.9 Å². The molecule has 20 heavy (non-hydrogen) atoms. The molecule has 108 valence electrons. The van der Waals surface area contributed by atoms with Gasteiger partial charge in [0.15, 0.2) is 0 Å². The maximum atomic E-state index is 12.9. The van der Waals surface area contributed by atoms with E-state index in [0.717, 1.165) is 23.5 Å². The first-order valence-corrected chi connectivity index (χ1v) is 6.17. The van der Waals surface area contributed by atoms with E-state index in [-0.39, 0.29) is 11.6 Å². The maximum absolute atomic E-state index is 12.9. The van der Waals surface area contributed by atoms with E-state index in [1.165, 1.54) is 6.33 Å². The summed E-state index contributed by atoms with van der Waals surface area (Å²) in [6, 6.07) is 2.03. The van der Waals surface area contributed by atoms with Gasteiger partial charge in [-0.1, -0.05) is 0 Å². The van der Waals surface area contributed by atoms with Gasteiger partial charge in [0, 0.05) is 12.2 Å². The van der Waals surface area contributed by atoms with Crippen LogP contribution in [0.1, 0.15) is 23.9 Å². The smallest absolute Gasteiger partial charge is 0.370 e. The number of anilines is 1. The Hall–Kier alpha value is -2.05. The molecule has 0 fully saturated rings. The maximum Gasteiger partial charge on any atom is 0.416 e. The second-order valence-corrected chi connectivity index (χ2v) is 4.41. The molecule has 0 aromatic carbocycles. The molecule has 2 heterocycles. The van der Waals surface area contributed by atoms with Crippen LogP contribution >= 0.6 is 0 Å². The van der Waals surface area contributed by atoms with Gasteiger partial charge in [0.2, 0.25) is 0 Å². The highest BCUT2D eigenvalue weighted by atomic mass is 19.4. The number of nitrogens with one attached hydrogen (secondary N) is 1. The molecule has 1 N–H and O–H groups in total. The zero-order valence-electron chi connectivity index (χ0n) is 11.4. The third kappa shape index (κ3) is 2.76. The third-order valence-corrected chi connectivity index (χ3v) is 3.00. The number of aromatic nitrogens is 3. The first-order valence-electron chi connectivity index (χ1n) is 6.17. The van der Waals surface area contributed by atoms with Gasteiger partial charge in [-0.25, -0.2) is 9.97 Å². The zero-order valence-corrected chi connectivity index (χ0v) is 11.4. The van der Waals surface area contributed by atoms with Crippen LogP contribution in [0.25, 0.3) is 5.82 Å². The van der Waals surface area contributed by atoms with Gasteiger partial charge in [-0.15, -0.1) is 0 Å². The number of pyridine rings is 1. The molecule has 0 aliphatic carbocycles. The van der Waals surface area contributed by atoms with Crippen molar-refractivity contribution in [1.29, 1.82) is 0 Å². The predicted octanol–water partition coefficient (Wildman–Crippen LogP) is 3.33. The Labute approximate surface area is 114 Å². The van der Waals surface area contributed by atoms with Crippen LogP contribution in [0.3, 0.4) is 0 Å². The van der Waals surface area contributed by atoms with Crippen molar-refractivity contribution in [2.24, 2.45) is 0 Å². The molecule has 0 saturated heterocycles. The van der Waals surface area contributed by atoms with E-state index in [1.54, 1.807) is 25.3 Å². The molecule has 2 rings (SSSR count). The molecule has 0 aliphatic rings. The lowest BCUT2D eigenvalue weighted by atomic mass is 10.2. The minimum atomic E-state index is -4.41. The van der Waals surface area contributed by atoms with Crippen LogP contribution in [0.15, 0.2) is 18.5 Å². The van der Waals surface area contributed by atoms with Gasteiger partial charge in [-0.05, 0) is 32.9 Å². The van der Waals surface area contributed by atoms with E-state index >= 15 is 0 Å². The summed E-state index contributed by atoms with van der Waals surface area (Å²) in [6.45, 7) is 5.88. The van der Waals surface area contributed by atoms with Crippen molar-refractivity contribution in [1.82, 2.24) is 14.5 Å². The van der Waals surface area contributed by atoms with Crippen molar-refractivity contribution < 1.29 is 13.2 Å². The number of hydrogen-bond acceptors (Lipinski definition) is 3. The van der Waals surface area contributed by atoms with Gasteiger partial charge in [0.25, 0.3) is 0 Å². The van der Waals surface area contributed by atoms with E-state index < -0.39 is 11.7 Å². The Morgan fingerprint density at radius 1 is 1.25 bits per heavy atom. The molecular formula is C13H15F3N4. The van der Waals surface area contributed by atoms with Crippen LogP contribution in [-0.4, -0.2) is 21.1 Å². The Morgan fingerprint density at radius 3 is 2.45 bits per heavy atom. The number of hydrogen-bond donors (Lipinski definition) is 1. The van der Waals surface area contributed by atoms with Gasteiger partial charge in [0.1, 0.15) is 18.0 Å². The van der Waals surface area contributed by atoms with Crippen LogP contribution in [0.2, 0.25) is 0 Å². The summed E-state index contributed by atoms with van der Waals surface area (Å²) in [4.78, 5) is 8.27. The van der Waals surface area contributed by atoms with E-state index in [1.807, 2.05) is 0 Å². The number of halogens is 3. The highest BCUT2D eigenvalue weighted by Gasteiger charge is 2.32. The SMILES string of the molecule is CCNc1cc(C(F)(F)F)cc(-n2cnc(C)c2C)n1. The lowest BCUT2D eigenvalue weighted by molar-refractivity contribution is -0.137. The molecule has 7 heteroatoms. The standard InChI is InChI=1S/C13H15F3N4/c1-4-17-11-5-10(13(14,15)16)6-12(19-11)20-7-18-8(2)9(20)3/h5-7H,4H2,1-3H3,(H,17,19). The summed E-state index contributed by atoms with van der Waals surface area (Å²) < 4.78 is 40.3. The van der Waals surface area contributed by atoms with Crippen molar-refractivity contribution in [3.8, 4) is 5.82 Å². The topological polar surface area (TPSA) is 42.7 Å². The summed E-state index contributed by atoms with van der Waals surface area (Å²) in [5, 5.41) is 2.81. The van der Waals surface area contributed by atoms with E-state index in [0.29, 0.717) is 6.54 Å². The molecule has 0 aliphatic heterocycles. The third-order valence-electron chi connectivity index (χ3n) is 3.00. The molecule has 0 radical (unpaired) electrons. The molecule has 4 nitrogen and oxygen atoms in total. The summed E-state index contributed by atoms with van der Waals surface area (Å²) in [5.74, 6) is 0.400. The summed E-state index contributed by atoms with van der Waals surface area (Å²) in [7, 11) is 0. The fourth-order valence-electron chi connectivity index (χ4n) is 1.80. The Morgan fingerprint density at radius 2 is 1.95 bits per heavy atom. The van der Waals surface area contributed by atoms with Crippen LogP contribution in [0.4, 0.5) is 19.0 Å². The minimum absolute atomic E-state index is 0.197. The largest absolute Gasteiger partial charge is 0.416 e. The average molecular weight is 284 g/mol. The van der Waals surface area contributed by atoms with E-state index in [9.17, 15) is 13.2 Å². The van der Waals surface area contributed by atoms with Crippen LogP contribution in [-0.2, 0) is 6.18 Å². The van der Waals surface area contributed by atoms with Gasteiger partial charge in [-0.2, -0.15) is 13.2 Å². The number of rotatable bonds is 3. The quantitative estimate of drug-likeness (QED) is 0.940. The molecule has 0 amide bonds. The second-order valence-electron chi connectivity index (χ2n) is 4.41. The Balaban J connectivity index is 2.58. The molecule has 0 atom stereocenters. The number of nitrogens with zero attached hydrogens (tertiary/aromatic N) is 3. The normalized spacial score (nSPS) is 11.7. The Kier molecular flexibility index (Phi) is 3.69. The molecule has 0 saturated carbocycles. The van der Waals surface area contributed by atoms with Crippen molar-refractivity contribution in [2.75, 3.05) is 11.9 Å². The molecule has 2 aromatic rings. The zero-order chi connectivity index (χ0) is 14.9. The van der Waals surface area contributed by atoms with Crippen molar-refractivity contribution in [3.05, 3.63) is 35.4 Å². The molecule has 2 aromatic heterocycles. The van der Waals surface area contributed by atoms with Crippen LogP contribution < -0.4 is 5.32 Å². The summed E-state index contributed by atoms with van der Waals surface area (Å²) in [6.07, 6.45) is -2.94. The van der Waals surface area contributed by atoms with Gasteiger partial charge >= 0.3 is 6.18 Å². The average Bonchev–Trinajstić information content (AvgIpc) is 2.69. The fraction of sp³-hybridized carbons (Fsp3) is 0.385. The monoisotopic (exact) mass is 284 g/mol. The minimum Gasteiger partial charge on any atom is -0.370 e. The molecular weight excluding hydrogens is 269 g/mol. The summed E-state index contributed by atoms with van der Waals surface area (Å²) in [5.41, 5.74) is 0.790. The second kappa shape index (κ2) is 5.15. The first-order chi connectivity index (χ1) is 9.32. The van der Waals surface area contributed by atoms with Gasteiger partial charge in [0.05, 0.1) is 11.3 Å². The molecule has 0 spiro atoms. The highest BCUT2D eigenvalue weighted by molar-refractivity contribution is 5.45. The highest BCUT2D eigenvalue weighted by Crippen LogP contribution is 2.32. The summed E-state index contributed by atoms with van der Waals surface area (Å²) >= 11 is 0. The van der Waals surface area contributed by atoms with Gasteiger partial charge in [-0.3, -0.25) is 4.57 Å².